The molecule has 9 heavy (non-hydrogen) atoms. The van der Waals surface area contributed by atoms with Crippen LogP contribution in [-0.2, 0) is 4.79 Å². The quantitative estimate of drug-likeness (QED) is 0.501. The van der Waals surface area contributed by atoms with E-state index in [1.165, 1.54) is 0 Å². The molecule has 1 rings (SSSR count). The molecule has 3 heteroatoms. The predicted molar refractivity (Wildman–Crippen MR) is 32.8 cm³/mol. The SMILES string of the molecule is C[C@@H]1NC(=O)C[C@@H]1CO. The van der Waals surface area contributed by atoms with Crippen molar-refractivity contribution in [3.05, 3.63) is 0 Å². The predicted octanol–water partition coefficient (Wildman–Crippen LogP) is -0.497. The van der Waals surface area contributed by atoms with Gasteiger partial charge in [-0.15, -0.1) is 0 Å². The number of hydrogen-bond acceptors (Lipinski definition) is 2. The topological polar surface area (TPSA) is 49.3 Å². The first kappa shape index (κ1) is 6.55. The van der Waals surface area contributed by atoms with Crippen molar-refractivity contribution in [2.45, 2.75) is 19.4 Å². The van der Waals surface area contributed by atoms with E-state index in [-0.39, 0.29) is 24.5 Å². The summed E-state index contributed by atoms with van der Waals surface area (Å²) >= 11 is 0. The Kier molecular flexibility index (Phi) is 1.71. The maximum Gasteiger partial charge on any atom is 0.220 e. The summed E-state index contributed by atoms with van der Waals surface area (Å²) in [6.45, 7) is 2.02. The molecule has 0 aromatic heterocycles. The average molecular weight is 129 g/mol. The lowest BCUT2D eigenvalue weighted by atomic mass is 10.0. The van der Waals surface area contributed by atoms with Crippen molar-refractivity contribution in [3.63, 3.8) is 0 Å². The Morgan fingerprint density at radius 3 is 2.78 bits per heavy atom. The first-order chi connectivity index (χ1) is 4.24. The Morgan fingerprint density at radius 2 is 2.56 bits per heavy atom. The highest BCUT2D eigenvalue weighted by Crippen LogP contribution is 2.14. The van der Waals surface area contributed by atoms with E-state index in [0.29, 0.717) is 6.42 Å². The van der Waals surface area contributed by atoms with Crippen molar-refractivity contribution in [1.82, 2.24) is 5.32 Å². The zero-order valence-corrected chi connectivity index (χ0v) is 5.42. The summed E-state index contributed by atoms with van der Waals surface area (Å²) in [7, 11) is 0. The molecule has 1 fully saturated rings. The first-order valence-corrected chi connectivity index (χ1v) is 3.14. The van der Waals surface area contributed by atoms with Crippen LogP contribution in [0.15, 0.2) is 0 Å². The van der Waals surface area contributed by atoms with Gasteiger partial charge in [-0.1, -0.05) is 0 Å². The molecule has 1 amide bonds. The van der Waals surface area contributed by atoms with Gasteiger partial charge in [0, 0.05) is 25.0 Å². The van der Waals surface area contributed by atoms with Gasteiger partial charge in [0.2, 0.25) is 5.91 Å². The van der Waals surface area contributed by atoms with Gasteiger partial charge in [-0.05, 0) is 6.92 Å². The third-order valence-electron chi connectivity index (χ3n) is 1.78. The minimum absolute atomic E-state index is 0.0570. The lowest BCUT2D eigenvalue weighted by Gasteiger charge is -2.08. The van der Waals surface area contributed by atoms with Gasteiger partial charge < -0.3 is 10.4 Å². The fourth-order valence-electron chi connectivity index (χ4n) is 1.07. The summed E-state index contributed by atoms with van der Waals surface area (Å²) in [4.78, 5) is 10.6. The maximum atomic E-state index is 10.6. The van der Waals surface area contributed by atoms with Crippen molar-refractivity contribution in [2.24, 2.45) is 5.92 Å². The number of aliphatic hydroxyl groups excluding tert-OH is 1. The Labute approximate surface area is 54.1 Å². The Morgan fingerprint density at radius 1 is 1.89 bits per heavy atom. The van der Waals surface area contributed by atoms with Crippen LogP contribution >= 0.6 is 0 Å². The number of carbonyl (C=O) groups excluding carboxylic acids is 1. The van der Waals surface area contributed by atoms with Crippen LogP contribution in [0.4, 0.5) is 0 Å². The van der Waals surface area contributed by atoms with Crippen LogP contribution in [-0.4, -0.2) is 23.7 Å². The molecule has 0 aliphatic carbocycles. The number of amides is 1. The van der Waals surface area contributed by atoms with Crippen molar-refractivity contribution in [1.29, 1.82) is 0 Å². The molecule has 0 aromatic rings. The van der Waals surface area contributed by atoms with Gasteiger partial charge in [0.05, 0.1) is 0 Å². The van der Waals surface area contributed by atoms with E-state index in [1.54, 1.807) is 0 Å². The lowest BCUT2D eigenvalue weighted by molar-refractivity contribution is -0.119. The second kappa shape index (κ2) is 2.35. The molecule has 0 bridgehead atoms. The normalized spacial score (nSPS) is 34.7. The van der Waals surface area contributed by atoms with Crippen molar-refractivity contribution in [2.75, 3.05) is 6.61 Å². The third kappa shape index (κ3) is 1.21. The maximum absolute atomic E-state index is 10.6. The van der Waals surface area contributed by atoms with Gasteiger partial charge in [-0.25, -0.2) is 0 Å². The van der Waals surface area contributed by atoms with Gasteiger partial charge in [-0.3, -0.25) is 4.79 Å². The molecule has 0 saturated carbocycles. The molecule has 2 N–H and O–H groups in total. The van der Waals surface area contributed by atoms with E-state index in [1.807, 2.05) is 6.92 Å². The van der Waals surface area contributed by atoms with Crippen LogP contribution in [0.1, 0.15) is 13.3 Å². The molecule has 1 aliphatic heterocycles. The molecule has 1 saturated heterocycles. The van der Waals surface area contributed by atoms with E-state index >= 15 is 0 Å². The highest BCUT2D eigenvalue weighted by molar-refractivity contribution is 5.78. The first-order valence-electron chi connectivity index (χ1n) is 3.14. The van der Waals surface area contributed by atoms with Crippen LogP contribution < -0.4 is 5.32 Å². The Bertz CT molecular complexity index is 124. The van der Waals surface area contributed by atoms with E-state index in [0.717, 1.165) is 0 Å². The molecule has 1 aliphatic rings. The summed E-state index contributed by atoms with van der Waals surface area (Å²) in [5.41, 5.74) is 0. The minimum atomic E-state index is 0.0570. The molecule has 2 atom stereocenters. The van der Waals surface area contributed by atoms with E-state index in [2.05, 4.69) is 5.32 Å². The number of rotatable bonds is 1. The smallest absolute Gasteiger partial charge is 0.220 e. The van der Waals surface area contributed by atoms with Crippen LogP contribution in [0.3, 0.4) is 0 Å². The van der Waals surface area contributed by atoms with Crippen molar-refractivity contribution >= 4 is 5.91 Å². The van der Waals surface area contributed by atoms with E-state index in [4.69, 9.17) is 5.11 Å². The molecule has 0 aromatic carbocycles. The third-order valence-corrected chi connectivity index (χ3v) is 1.78. The van der Waals surface area contributed by atoms with Crippen LogP contribution in [0.5, 0.6) is 0 Å². The zero-order valence-electron chi connectivity index (χ0n) is 5.42. The highest BCUT2D eigenvalue weighted by Gasteiger charge is 2.27. The Hall–Kier alpha value is -0.570. The van der Waals surface area contributed by atoms with Crippen molar-refractivity contribution in [3.8, 4) is 0 Å². The van der Waals surface area contributed by atoms with Crippen LogP contribution in [0.2, 0.25) is 0 Å². The minimum Gasteiger partial charge on any atom is -0.396 e. The van der Waals surface area contributed by atoms with Gasteiger partial charge in [0.15, 0.2) is 0 Å². The molecule has 3 nitrogen and oxygen atoms in total. The average Bonchev–Trinajstić information content (AvgIpc) is 2.10. The Balaban J connectivity index is 2.47. The summed E-state index contributed by atoms with van der Waals surface area (Å²) in [5.74, 6) is 0.194. The number of aliphatic hydroxyl groups is 1. The molecule has 0 spiro atoms. The summed E-state index contributed by atoms with van der Waals surface area (Å²) < 4.78 is 0. The molecular formula is C6H11NO2. The highest BCUT2D eigenvalue weighted by atomic mass is 16.3. The zero-order chi connectivity index (χ0) is 6.85. The van der Waals surface area contributed by atoms with Gasteiger partial charge in [-0.2, -0.15) is 0 Å². The van der Waals surface area contributed by atoms with Gasteiger partial charge >= 0.3 is 0 Å². The van der Waals surface area contributed by atoms with Crippen molar-refractivity contribution < 1.29 is 9.90 Å². The van der Waals surface area contributed by atoms with Gasteiger partial charge in [0.25, 0.3) is 0 Å². The van der Waals surface area contributed by atoms with Crippen LogP contribution in [0.25, 0.3) is 0 Å². The second-order valence-corrected chi connectivity index (χ2v) is 2.50. The molecular weight excluding hydrogens is 118 g/mol. The molecule has 52 valence electrons. The van der Waals surface area contributed by atoms with Gasteiger partial charge in [0.1, 0.15) is 0 Å². The summed E-state index contributed by atoms with van der Waals surface area (Å²) in [6.07, 6.45) is 0.484. The molecule has 0 unspecified atom stereocenters. The number of carbonyl (C=O) groups is 1. The van der Waals surface area contributed by atoms with E-state index in [9.17, 15) is 4.79 Å². The van der Waals surface area contributed by atoms with E-state index < -0.39 is 0 Å². The fourth-order valence-corrected chi connectivity index (χ4v) is 1.07. The monoisotopic (exact) mass is 129 g/mol. The molecule has 0 radical (unpaired) electrons. The molecule has 1 heterocycles. The van der Waals surface area contributed by atoms with Crippen LogP contribution in [0, 0.1) is 5.92 Å². The summed E-state index contributed by atoms with van der Waals surface area (Å²) in [5, 5.41) is 11.4. The fraction of sp³-hybridized carbons (Fsp3) is 0.833. The number of nitrogens with one attached hydrogen (secondary N) is 1. The second-order valence-electron chi connectivity index (χ2n) is 2.50. The summed E-state index contributed by atoms with van der Waals surface area (Å²) in [6, 6.07) is 0.155. The standard InChI is InChI=1S/C6H11NO2/c1-4-5(3-8)2-6(9)7-4/h4-5,8H,2-3H2,1H3,(H,7,9)/t4-,5+/m0/s1. The lowest BCUT2D eigenvalue weighted by Crippen LogP contribution is -2.26. The number of hydrogen-bond donors (Lipinski definition) is 2. The largest absolute Gasteiger partial charge is 0.396 e.